The molecule has 0 radical (unpaired) electrons. The van der Waals surface area contributed by atoms with Gasteiger partial charge in [-0.3, -0.25) is 4.55 Å². The van der Waals surface area contributed by atoms with Gasteiger partial charge in [-0.15, -0.1) is 4.33 Å². The first-order valence-electron chi connectivity index (χ1n) is 9.13. The molecule has 5 rings (SSSR count). The third kappa shape index (κ3) is 6.57. The smallest absolute Gasteiger partial charge is 0.261 e. The number of hydrogen-bond donors (Lipinski definition) is 2. The molecule has 0 atom stereocenters. The molecule has 168 valence electrons. The van der Waals surface area contributed by atoms with Crippen LogP contribution in [0.4, 0.5) is 0 Å². The molecule has 10 heteroatoms. The van der Waals surface area contributed by atoms with Crippen molar-refractivity contribution >= 4 is 43.7 Å². The van der Waals surface area contributed by atoms with Crippen LogP contribution in [-0.2, 0) is 19.5 Å². The Morgan fingerprint density at radius 2 is 1.03 bits per heavy atom. The Kier molecular flexibility index (Phi) is 7.91. The minimum Gasteiger partial charge on any atom is -0.449 e. The van der Waals surface area contributed by atoms with Gasteiger partial charge in [0.25, 0.3) is 10.1 Å². The van der Waals surface area contributed by atoms with Crippen molar-refractivity contribution in [3.05, 3.63) is 72.8 Å². The summed E-state index contributed by atoms with van der Waals surface area (Å²) in [7, 11) is -3.67. The van der Waals surface area contributed by atoms with Crippen molar-refractivity contribution in [2.75, 3.05) is 12.5 Å². The van der Waals surface area contributed by atoms with Gasteiger partial charge in [0, 0.05) is 18.3 Å². The second-order valence-corrected chi connectivity index (χ2v) is 8.47. The summed E-state index contributed by atoms with van der Waals surface area (Å²) in [5, 5.41) is 15.1. The highest BCUT2D eigenvalue weighted by atomic mass is 32.2. The van der Waals surface area contributed by atoms with Crippen molar-refractivity contribution in [2.45, 2.75) is 0 Å². The predicted octanol–water partition coefficient (Wildman–Crippen LogP) is 6.08. The minimum atomic E-state index is -3.67. The van der Waals surface area contributed by atoms with Gasteiger partial charge in [-0.05, 0) is 45.8 Å². The van der Waals surface area contributed by atoms with Crippen molar-refractivity contribution < 1.29 is 37.1 Å². The average Bonchev–Trinajstić information content (AvgIpc) is 2.74. The third-order valence-electron chi connectivity index (χ3n) is 4.16. The van der Waals surface area contributed by atoms with Crippen LogP contribution in [0.15, 0.2) is 72.8 Å². The molecule has 32 heavy (non-hydrogen) atoms. The first-order valence-corrected chi connectivity index (χ1v) is 12.1. The fourth-order valence-electron chi connectivity index (χ4n) is 2.98. The Labute approximate surface area is 189 Å². The second kappa shape index (κ2) is 10.6. The van der Waals surface area contributed by atoms with E-state index in [0.29, 0.717) is 6.26 Å². The Bertz CT molecular complexity index is 1150. The predicted molar refractivity (Wildman–Crippen MR) is 124 cm³/mol. The van der Waals surface area contributed by atoms with E-state index in [1.165, 1.54) is 0 Å². The standard InChI is InChI=1S/C20H12O2.2CH4O3S/c1-2-6-14-10-18-17(9-13(14)5-1)21-19-11-15-7-3-4-8-16(15)12-20(19)22-18;1-5(2,3)4;1-5-4-3-2/h1-12H;1H3,(H,2,3,4);2H,1H3. The summed E-state index contributed by atoms with van der Waals surface area (Å²) in [5.74, 6) is 3.06. The lowest BCUT2D eigenvalue weighted by molar-refractivity contribution is -0.432. The fraction of sp³-hybridized carbons (Fsp3) is 0.0909. The molecule has 0 saturated carbocycles. The largest absolute Gasteiger partial charge is 0.449 e. The molecule has 2 N–H and O–H groups in total. The van der Waals surface area contributed by atoms with Crippen LogP contribution in [0.3, 0.4) is 0 Å². The summed E-state index contributed by atoms with van der Waals surface area (Å²) >= 11 is 0.929. The third-order valence-corrected chi connectivity index (χ3v) is 4.36. The average molecular weight is 477 g/mol. The molecule has 0 bridgehead atoms. The molecule has 0 fully saturated rings. The Hall–Kier alpha value is -2.86. The zero-order valence-corrected chi connectivity index (χ0v) is 18.7. The highest BCUT2D eigenvalue weighted by molar-refractivity contribution is 7.93. The molecular weight excluding hydrogens is 456 g/mol. The van der Waals surface area contributed by atoms with Crippen molar-refractivity contribution in [1.29, 1.82) is 0 Å². The van der Waals surface area contributed by atoms with Gasteiger partial charge in [0.15, 0.2) is 23.0 Å². The molecule has 1 heterocycles. The maximum absolute atomic E-state index is 9.19. The van der Waals surface area contributed by atoms with Gasteiger partial charge in [-0.2, -0.15) is 8.42 Å². The van der Waals surface area contributed by atoms with Crippen LogP contribution in [0, 0.1) is 0 Å². The van der Waals surface area contributed by atoms with Gasteiger partial charge in [0.05, 0.1) is 6.26 Å². The van der Waals surface area contributed by atoms with Crippen LogP contribution in [-0.4, -0.2) is 30.7 Å². The molecule has 4 aromatic rings. The quantitative estimate of drug-likeness (QED) is 0.135. The first kappa shape index (κ1) is 23.8. The molecule has 1 aliphatic rings. The molecule has 8 nitrogen and oxygen atoms in total. The van der Waals surface area contributed by atoms with Crippen molar-refractivity contribution in [2.24, 2.45) is 0 Å². The Balaban J connectivity index is 0.000000246. The van der Waals surface area contributed by atoms with Crippen molar-refractivity contribution in [3.63, 3.8) is 0 Å². The second-order valence-electron chi connectivity index (χ2n) is 6.54. The van der Waals surface area contributed by atoms with Crippen LogP contribution < -0.4 is 9.47 Å². The van der Waals surface area contributed by atoms with E-state index < -0.39 is 10.1 Å². The van der Waals surface area contributed by atoms with E-state index in [1.54, 1.807) is 6.26 Å². The summed E-state index contributed by atoms with van der Waals surface area (Å²) in [4.78, 5) is 0. The fourth-order valence-corrected chi connectivity index (χ4v) is 3.04. The molecule has 4 aromatic carbocycles. The summed E-state index contributed by atoms with van der Waals surface area (Å²) in [6, 6.07) is 24.5. The molecule has 1 aliphatic heterocycles. The van der Waals surface area contributed by atoms with Crippen LogP contribution >= 0.6 is 12.0 Å². The summed E-state index contributed by atoms with van der Waals surface area (Å²) in [5.41, 5.74) is 0. The number of fused-ring (bicyclic) bond motifs is 4. The maximum Gasteiger partial charge on any atom is 0.261 e. The van der Waals surface area contributed by atoms with Gasteiger partial charge in [-0.25, -0.2) is 5.26 Å². The van der Waals surface area contributed by atoms with Crippen LogP contribution in [0.2, 0.25) is 0 Å². The first-order chi connectivity index (χ1) is 15.3. The van der Waals surface area contributed by atoms with Gasteiger partial charge in [0.1, 0.15) is 0 Å². The summed E-state index contributed by atoms with van der Waals surface area (Å²) < 4.78 is 41.8. The molecular formula is C22H20O8S2. The zero-order chi connectivity index (χ0) is 23.1. The number of ether oxygens (including phenoxy) is 2. The van der Waals surface area contributed by atoms with Crippen LogP contribution in [0.1, 0.15) is 0 Å². The normalized spacial score (nSPS) is 11.6. The Morgan fingerprint density at radius 3 is 1.22 bits per heavy atom. The summed E-state index contributed by atoms with van der Waals surface area (Å²) in [6.45, 7) is 0. The molecule has 0 aromatic heterocycles. The van der Waals surface area contributed by atoms with E-state index in [-0.39, 0.29) is 0 Å². The molecule has 0 unspecified atom stereocenters. The van der Waals surface area contributed by atoms with Gasteiger partial charge < -0.3 is 9.47 Å². The minimum absolute atomic E-state index is 0.715. The maximum atomic E-state index is 9.19. The lowest BCUT2D eigenvalue weighted by atomic mass is 10.1. The molecule has 0 saturated heterocycles. The van der Waals surface area contributed by atoms with E-state index in [0.717, 1.165) is 56.6 Å². The van der Waals surface area contributed by atoms with E-state index in [4.69, 9.17) is 19.3 Å². The number of rotatable bonds is 2. The lowest BCUT2D eigenvalue weighted by Gasteiger charge is -2.21. The lowest BCUT2D eigenvalue weighted by Crippen LogP contribution is -1.99. The zero-order valence-electron chi connectivity index (χ0n) is 17.1. The number of hydrogen-bond acceptors (Lipinski definition) is 8. The van der Waals surface area contributed by atoms with Crippen LogP contribution in [0.5, 0.6) is 23.0 Å². The SMILES string of the molecule is CS(=O)(=O)O.CSOOO.c1ccc2cc3c(cc2c1)Oc1cc2ccccc2cc1O3. The highest BCUT2D eigenvalue weighted by Gasteiger charge is 2.20. The molecule has 0 spiro atoms. The highest BCUT2D eigenvalue weighted by Crippen LogP contribution is 2.47. The van der Waals surface area contributed by atoms with E-state index in [2.05, 4.69) is 33.6 Å². The van der Waals surface area contributed by atoms with Crippen LogP contribution in [0.25, 0.3) is 21.5 Å². The van der Waals surface area contributed by atoms with E-state index in [1.807, 2.05) is 48.5 Å². The van der Waals surface area contributed by atoms with E-state index in [9.17, 15) is 8.42 Å². The van der Waals surface area contributed by atoms with Gasteiger partial charge in [-0.1, -0.05) is 53.6 Å². The van der Waals surface area contributed by atoms with Crippen molar-refractivity contribution in [1.82, 2.24) is 0 Å². The van der Waals surface area contributed by atoms with Gasteiger partial charge >= 0.3 is 0 Å². The molecule has 0 aliphatic carbocycles. The van der Waals surface area contributed by atoms with Crippen molar-refractivity contribution in [3.8, 4) is 23.0 Å². The topological polar surface area (TPSA) is 112 Å². The van der Waals surface area contributed by atoms with E-state index >= 15 is 0 Å². The Morgan fingerprint density at radius 1 is 0.750 bits per heavy atom. The number of benzene rings is 4. The monoisotopic (exact) mass is 476 g/mol. The van der Waals surface area contributed by atoms with Gasteiger partial charge in [0.2, 0.25) is 0 Å². The molecule has 0 amide bonds. The summed E-state index contributed by atoms with van der Waals surface area (Å²) in [6.07, 6.45) is 2.34.